The van der Waals surface area contributed by atoms with E-state index in [-0.39, 0.29) is 0 Å². The van der Waals surface area contributed by atoms with Crippen molar-refractivity contribution in [1.82, 2.24) is 15.2 Å². The maximum absolute atomic E-state index is 11.3. The van der Waals surface area contributed by atoms with Gasteiger partial charge in [-0.2, -0.15) is 10.2 Å². The summed E-state index contributed by atoms with van der Waals surface area (Å²) >= 11 is 0. The van der Waals surface area contributed by atoms with E-state index in [0.717, 1.165) is 10.8 Å². The standard InChI is InChI=1S/C10H10N4O2/c1-16-10(15)8(11)9-7-2-3-12-4-6(7)5-13-14-9/h2-5,8H,11H2,1H3. The highest BCUT2D eigenvalue weighted by Crippen LogP contribution is 2.19. The highest BCUT2D eigenvalue weighted by Gasteiger charge is 2.20. The first-order valence-corrected chi connectivity index (χ1v) is 4.62. The molecule has 6 heteroatoms. The molecule has 0 amide bonds. The van der Waals surface area contributed by atoms with Crippen molar-refractivity contribution in [3.05, 3.63) is 30.4 Å². The largest absolute Gasteiger partial charge is 0.468 e. The first-order chi connectivity index (χ1) is 7.74. The Hall–Kier alpha value is -2.08. The summed E-state index contributed by atoms with van der Waals surface area (Å²) in [7, 11) is 1.28. The number of esters is 1. The van der Waals surface area contributed by atoms with Gasteiger partial charge in [0.15, 0.2) is 0 Å². The summed E-state index contributed by atoms with van der Waals surface area (Å²) in [5.41, 5.74) is 6.11. The molecule has 2 N–H and O–H groups in total. The Morgan fingerprint density at radius 1 is 1.50 bits per heavy atom. The SMILES string of the molecule is COC(=O)C(N)c1nncc2cnccc12. The third-order valence-electron chi connectivity index (χ3n) is 2.24. The Bertz CT molecular complexity index is 524. The van der Waals surface area contributed by atoms with Crippen LogP contribution in [-0.2, 0) is 9.53 Å². The summed E-state index contributed by atoms with van der Waals surface area (Å²) in [5.74, 6) is -0.543. The van der Waals surface area contributed by atoms with Crippen molar-refractivity contribution in [2.45, 2.75) is 6.04 Å². The number of methoxy groups -OCH3 is 1. The van der Waals surface area contributed by atoms with E-state index in [1.54, 1.807) is 24.7 Å². The van der Waals surface area contributed by atoms with Gasteiger partial charge in [-0.3, -0.25) is 4.98 Å². The number of aromatic nitrogens is 3. The Morgan fingerprint density at radius 2 is 2.31 bits per heavy atom. The van der Waals surface area contributed by atoms with Gasteiger partial charge in [0, 0.05) is 23.2 Å². The Labute approximate surface area is 91.5 Å². The monoisotopic (exact) mass is 218 g/mol. The second kappa shape index (κ2) is 4.19. The fraction of sp³-hybridized carbons (Fsp3) is 0.200. The molecule has 0 saturated heterocycles. The third-order valence-corrected chi connectivity index (χ3v) is 2.24. The molecular formula is C10H10N4O2. The molecule has 0 aromatic carbocycles. The summed E-state index contributed by atoms with van der Waals surface area (Å²) in [6.07, 6.45) is 4.81. The lowest BCUT2D eigenvalue weighted by molar-refractivity contribution is -0.142. The molecular weight excluding hydrogens is 208 g/mol. The number of rotatable bonds is 2. The fourth-order valence-corrected chi connectivity index (χ4v) is 1.42. The minimum atomic E-state index is -0.927. The van der Waals surface area contributed by atoms with Crippen LogP contribution < -0.4 is 5.73 Å². The van der Waals surface area contributed by atoms with E-state index in [2.05, 4.69) is 19.9 Å². The predicted molar refractivity (Wildman–Crippen MR) is 56.3 cm³/mol. The molecule has 1 unspecified atom stereocenters. The Morgan fingerprint density at radius 3 is 3.06 bits per heavy atom. The molecule has 0 spiro atoms. The molecule has 2 heterocycles. The topological polar surface area (TPSA) is 91.0 Å². The van der Waals surface area contributed by atoms with Crippen LogP contribution in [0.5, 0.6) is 0 Å². The molecule has 0 aliphatic carbocycles. The number of hydrogen-bond donors (Lipinski definition) is 1. The zero-order valence-electron chi connectivity index (χ0n) is 8.62. The maximum atomic E-state index is 11.3. The van der Waals surface area contributed by atoms with E-state index < -0.39 is 12.0 Å². The van der Waals surface area contributed by atoms with Crippen LogP contribution in [0.15, 0.2) is 24.7 Å². The quantitative estimate of drug-likeness (QED) is 0.724. The van der Waals surface area contributed by atoms with Crippen LogP contribution in [0, 0.1) is 0 Å². The van der Waals surface area contributed by atoms with Crippen LogP contribution in [-0.4, -0.2) is 28.3 Å². The van der Waals surface area contributed by atoms with Crippen LogP contribution in [0.2, 0.25) is 0 Å². The van der Waals surface area contributed by atoms with Gasteiger partial charge in [-0.05, 0) is 6.07 Å². The maximum Gasteiger partial charge on any atom is 0.329 e. The number of ether oxygens (including phenoxy) is 1. The van der Waals surface area contributed by atoms with Crippen LogP contribution in [0.1, 0.15) is 11.7 Å². The molecule has 2 aromatic heterocycles. The van der Waals surface area contributed by atoms with E-state index in [1.165, 1.54) is 7.11 Å². The van der Waals surface area contributed by atoms with Gasteiger partial charge in [0.05, 0.1) is 19.0 Å². The number of fused-ring (bicyclic) bond motifs is 1. The lowest BCUT2D eigenvalue weighted by atomic mass is 10.1. The molecule has 82 valence electrons. The Kier molecular flexibility index (Phi) is 2.74. The summed E-state index contributed by atoms with van der Waals surface area (Å²) < 4.78 is 4.57. The van der Waals surface area contributed by atoms with Crippen LogP contribution in [0.3, 0.4) is 0 Å². The van der Waals surface area contributed by atoms with Crippen molar-refractivity contribution in [2.24, 2.45) is 5.73 Å². The highest BCUT2D eigenvalue weighted by molar-refractivity contribution is 5.88. The minimum Gasteiger partial charge on any atom is -0.468 e. The van der Waals surface area contributed by atoms with Crippen LogP contribution >= 0.6 is 0 Å². The highest BCUT2D eigenvalue weighted by atomic mass is 16.5. The molecule has 0 aliphatic heterocycles. The first-order valence-electron chi connectivity index (χ1n) is 4.62. The average Bonchev–Trinajstić information content (AvgIpc) is 2.36. The predicted octanol–water partition coefficient (Wildman–Crippen LogP) is 0.198. The molecule has 2 rings (SSSR count). The van der Waals surface area contributed by atoms with Crippen molar-refractivity contribution in [2.75, 3.05) is 7.11 Å². The smallest absolute Gasteiger partial charge is 0.329 e. The second-order valence-corrected chi connectivity index (χ2v) is 3.19. The number of nitrogens with two attached hydrogens (primary N) is 1. The molecule has 0 bridgehead atoms. The zero-order valence-corrected chi connectivity index (χ0v) is 8.62. The van der Waals surface area contributed by atoms with E-state index in [0.29, 0.717) is 5.69 Å². The van der Waals surface area contributed by atoms with Crippen LogP contribution in [0.25, 0.3) is 10.8 Å². The zero-order chi connectivity index (χ0) is 11.5. The lowest BCUT2D eigenvalue weighted by Crippen LogP contribution is -2.24. The molecule has 16 heavy (non-hydrogen) atoms. The van der Waals surface area contributed by atoms with Gasteiger partial charge in [0.2, 0.25) is 0 Å². The molecule has 0 fully saturated rings. The summed E-state index contributed by atoms with van der Waals surface area (Å²) in [6.45, 7) is 0. The fourth-order valence-electron chi connectivity index (χ4n) is 1.42. The Balaban J connectivity index is 2.56. The van der Waals surface area contributed by atoms with Crippen molar-refractivity contribution in [3.8, 4) is 0 Å². The molecule has 0 saturated carbocycles. The normalized spacial score (nSPS) is 12.4. The number of hydrogen-bond acceptors (Lipinski definition) is 6. The van der Waals surface area contributed by atoms with Crippen molar-refractivity contribution >= 4 is 16.7 Å². The number of nitrogens with zero attached hydrogens (tertiary/aromatic N) is 3. The van der Waals surface area contributed by atoms with E-state index >= 15 is 0 Å². The van der Waals surface area contributed by atoms with Gasteiger partial charge in [-0.15, -0.1) is 0 Å². The van der Waals surface area contributed by atoms with E-state index in [9.17, 15) is 4.79 Å². The van der Waals surface area contributed by atoms with Gasteiger partial charge in [-0.1, -0.05) is 0 Å². The van der Waals surface area contributed by atoms with Crippen molar-refractivity contribution in [3.63, 3.8) is 0 Å². The molecule has 6 nitrogen and oxygen atoms in total. The van der Waals surface area contributed by atoms with Gasteiger partial charge < -0.3 is 10.5 Å². The molecule has 1 atom stereocenters. The summed E-state index contributed by atoms with van der Waals surface area (Å²) in [4.78, 5) is 15.3. The molecule has 0 aliphatic rings. The number of pyridine rings is 1. The number of carbonyl (C=O) groups is 1. The van der Waals surface area contributed by atoms with Crippen molar-refractivity contribution < 1.29 is 9.53 Å². The van der Waals surface area contributed by atoms with Gasteiger partial charge in [0.1, 0.15) is 6.04 Å². The molecule has 0 radical (unpaired) electrons. The third kappa shape index (κ3) is 1.70. The van der Waals surface area contributed by atoms with E-state index in [1.807, 2.05) is 0 Å². The van der Waals surface area contributed by atoms with E-state index in [4.69, 9.17) is 5.73 Å². The van der Waals surface area contributed by atoms with Crippen LogP contribution in [0.4, 0.5) is 0 Å². The van der Waals surface area contributed by atoms with Crippen molar-refractivity contribution in [1.29, 1.82) is 0 Å². The summed E-state index contributed by atoms with van der Waals surface area (Å²) in [5, 5.41) is 9.18. The number of carbonyl (C=O) groups excluding carboxylic acids is 1. The summed E-state index contributed by atoms with van der Waals surface area (Å²) in [6, 6.07) is 0.811. The lowest BCUT2D eigenvalue weighted by Gasteiger charge is -2.09. The second-order valence-electron chi connectivity index (χ2n) is 3.19. The van der Waals surface area contributed by atoms with Gasteiger partial charge in [0.25, 0.3) is 0 Å². The first kappa shape index (κ1) is 10.4. The molecule has 2 aromatic rings. The minimum absolute atomic E-state index is 0.395. The van der Waals surface area contributed by atoms with Gasteiger partial charge in [-0.25, -0.2) is 4.79 Å². The van der Waals surface area contributed by atoms with Gasteiger partial charge >= 0.3 is 5.97 Å². The average molecular weight is 218 g/mol.